The minimum atomic E-state index is -1.30. The monoisotopic (exact) mass is 346 g/mol. The Morgan fingerprint density at radius 1 is 1.24 bits per heavy atom. The Kier molecular flexibility index (Phi) is 6.12. The number of nitrogens with one attached hydrogen (secondary N) is 1. The zero-order chi connectivity index (χ0) is 17.8. The molecule has 0 aliphatic carbocycles. The second kappa shape index (κ2) is 8.32. The van der Waals surface area contributed by atoms with Crippen molar-refractivity contribution in [3.8, 4) is 0 Å². The highest BCUT2D eigenvalue weighted by Gasteiger charge is 2.38. The summed E-state index contributed by atoms with van der Waals surface area (Å²) in [6, 6.07) is 8.81. The molecule has 2 heterocycles. The maximum atomic E-state index is 11.6. The molecular formula is C18H27BN2O4. The van der Waals surface area contributed by atoms with Crippen molar-refractivity contribution in [1.82, 2.24) is 10.2 Å². The molecule has 136 valence electrons. The number of nitrogens with zero attached hydrogens (tertiary/aromatic N) is 1. The van der Waals surface area contributed by atoms with Gasteiger partial charge in [-0.05, 0) is 36.2 Å². The van der Waals surface area contributed by atoms with Crippen LogP contribution in [0.5, 0.6) is 0 Å². The van der Waals surface area contributed by atoms with E-state index in [0.717, 1.165) is 32.5 Å². The van der Waals surface area contributed by atoms with Gasteiger partial charge in [0.1, 0.15) is 0 Å². The molecule has 0 aromatic heterocycles. The molecule has 1 unspecified atom stereocenters. The molecule has 0 saturated carbocycles. The third-order valence-corrected chi connectivity index (χ3v) is 5.52. The van der Waals surface area contributed by atoms with Crippen LogP contribution in [-0.4, -0.2) is 58.8 Å². The number of aliphatic carboxylic acids is 1. The van der Waals surface area contributed by atoms with Gasteiger partial charge in [0.15, 0.2) is 0 Å². The number of likely N-dealkylation sites (tertiary alicyclic amines) is 1. The van der Waals surface area contributed by atoms with Crippen LogP contribution in [0.4, 0.5) is 0 Å². The molecular weight excluding hydrogens is 319 g/mol. The van der Waals surface area contributed by atoms with Crippen LogP contribution in [0.2, 0.25) is 6.32 Å². The molecule has 0 amide bonds. The highest BCUT2D eigenvalue weighted by Crippen LogP contribution is 2.29. The number of hydrogen-bond acceptors (Lipinski definition) is 5. The highest BCUT2D eigenvalue weighted by atomic mass is 16.4. The number of benzene rings is 1. The fourth-order valence-corrected chi connectivity index (χ4v) is 4.21. The van der Waals surface area contributed by atoms with E-state index in [-0.39, 0.29) is 11.8 Å². The second-order valence-corrected chi connectivity index (χ2v) is 7.39. The van der Waals surface area contributed by atoms with Crippen molar-refractivity contribution in [1.29, 1.82) is 0 Å². The summed E-state index contributed by atoms with van der Waals surface area (Å²) >= 11 is 0. The minimum absolute atomic E-state index is 0.0899. The first-order valence-electron chi connectivity index (χ1n) is 9.14. The Balaban J connectivity index is 1.54. The van der Waals surface area contributed by atoms with Crippen LogP contribution in [0.25, 0.3) is 0 Å². The molecule has 25 heavy (non-hydrogen) atoms. The van der Waals surface area contributed by atoms with Gasteiger partial charge in [-0.3, -0.25) is 4.79 Å². The largest absolute Gasteiger partial charge is 0.481 e. The van der Waals surface area contributed by atoms with Crippen molar-refractivity contribution < 1.29 is 19.9 Å². The van der Waals surface area contributed by atoms with Crippen LogP contribution in [0, 0.1) is 11.8 Å². The van der Waals surface area contributed by atoms with Gasteiger partial charge in [-0.1, -0.05) is 30.7 Å². The van der Waals surface area contributed by atoms with Gasteiger partial charge >= 0.3 is 13.1 Å². The van der Waals surface area contributed by atoms with E-state index in [1.54, 1.807) is 0 Å². The van der Waals surface area contributed by atoms with E-state index in [2.05, 4.69) is 34.5 Å². The van der Waals surface area contributed by atoms with Crippen LogP contribution < -0.4 is 5.32 Å². The van der Waals surface area contributed by atoms with Crippen molar-refractivity contribution in [3.63, 3.8) is 0 Å². The summed E-state index contributed by atoms with van der Waals surface area (Å²) in [6.45, 7) is 3.09. The van der Waals surface area contributed by atoms with Gasteiger partial charge in [0, 0.05) is 32.2 Å². The maximum absolute atomic E-state index is 11.6. The Bertz CT molecular complexity index is 598. The van der Waals surface area contributed by atoms with Crippen molar-refractivity contribution in [2.24, 2.45) is 11.8 Å². The number of carboxylic acid groups (broad SMARTS) is 1. The molecule has 3 atom stereocenters. The van der Waals surface area contributed by atoms with E-state index in [1.807, 2.05) is 0 Å². The van der Waals surface area contributed by atoms with Gasteiger partial charge in [0.2, 0.25) is 0 Å². The molecule has 1 aromatic rings. The molecule has 1 saturated heterocycles. The van der Waals surface area contributed by atoms with Crippen molar-refractivity contribution in [3.05, 3.63) is 35.4 Å². The molecule has 0 bridgehead atoms. The average Bonchev–Trinajstić information content (AvgIpc) is 2.97. The molecule has 1 fully saturated rings. The van der Waals surface area contributed by atoms with E-state index in [1.165, 1.54) is 11.1 Å². The van der Waals surface area contributed by atoms with E-state index in [4.69, 9.17) is 10.0 Å². The molecule has 0 spiro atoms. The van der Waals surface area contributed by atoms with Gasteiger partial charge in [0.25, 0.3) is 0 Å². The van der Waals surface area contributed by atoms with Gasteiger partial charge in [-0.2, -0.15) is 0 Å². The molecule has 2 aliphatic heterocycles. The van der Waals surface area contributed by atoms with Gasteiger partial charge < -0.3 is 25.4 Å². The first-order chi connectivity index (χ1) is 12.0. The van der Waals surface area contributed by atoms with Gasteiger partial charge in [0.05, 0.1) is 5.92 Å². The van der Waals surface area contributed by atoms with Crippen LogP contribution in [0.15, 0.2) is 24.3 Å². The smallest absolute Gasteiger partial charge is 0.451 e. The molecule has 1 aromatic carbocycles. The summed E-state index contributed by atoms with van der Waals surface area (Å²) in [5.74, 6) is -1.00. The molecule has 3 rings (SSSR count). The highest BCUT2D eigenvalue weighted by molar-refractivity contribution is 6.40. The summed E-state index contributed by atoms with van der Waals surface area (Å²) in [6.07, 6.45) is 2.66. The molecule has 2 aliphatic rings. The number of fused-ring (bicyclic) bond motifs is 1. The zero-order valence-electron chi connectivity index (χ0n) is 14.5. The second-order valence-electron chi connectivity index (χ2n) is 7.39. The Morgan fingerprint density at radius 2 is 2.00 bits per heavy atom. The lowest BCUT2D eigenvalue weighted by Gasteiger charge is -2.29. The predicted octanol–water partition coefficient (Wildman–Crippen LogP) is 0.586. The lowest BCUT2D eigenvalue weighted by atomic mass is 9.80. The van der Waals surface area contributed by atoms with Crippen molar-refractivity contribution in [2.75, 3.05) is 19.6 Å². The van der Waals surface area contributed by atoms with Gasteiger partial charge in [-0.25, -0.2) is 0 Å². The number of carbonyl (C=O) groups is 1. The fourth-order valence-electron chi connectivity index (χ4n) is 4.21. The van der Waals surface area contributed by atoms with E-state index < -0.39 is 13.1 Å². The van der Waals surface area contributed by atoms with Crippen molar-refractivity contribution in [2.45, 2.75) is 38.2 Å². The summed E-state index contributed by atoms with van der Waals surface area (Å²) in [5.41, 5.74) is 2.73. The first-order valence-corrected chi connectivity index (χ1v) is 9.14. The standard InChI is InChI=1S/C18H27BN2O4/c22-18(23)17-12-21(10-15(17)6-3-7-19(24)25)11-16-8-13-4-1-2-5-14(13)9-20-16/h1-2,4-5,15-17,20,24-25H,3,6-12H2,(H,22,23)/t15-,16-,17?/m0/s1. The third-order valence-electron chi connectivity index (χ3n) is 5.52. The predicted molar refractivity (Wildman–Crippen MR) is 96.1 cm³/mol. The Morgan fingerprint density at radius 3 is 2.72 bits per heavy atom. The minimum Gasteiger partial charge on any atom is -0.481 e. The van der Waals surface area contributed by atoms with Gasteiger partial charge in [-0.15, -0.1) is 0 Å². The topological polar surface area (TPSA) is 93.0 Å². The summed E-state index contributed by atoms with van der Waals surface area (Å²) in [5, 5.41) is 31.0. The number of hydrogen-bond donors (Lipinski definition) is 4. The maximum Gasteiger partial charge on any atom is 0.451 e. The molecule has 0 radical (unpaired) electrons. The lowest BCUT2D eigenvalue weighted by molar-refractivity contribution is -0.142. The van der Waals surface area contributed by atoms with Crippen molar-refractivity contribution >= 4 is 13.1 Å². The van der Waals surface area contributed by atoms with Crippen LogP contribution in [-0.2, 0) is 17.8 Å². The van der Waals surface area contributed by atoms with E-state index >= 15 is 0 Å². The number of carboxylic acids is 1. The lowest BCUT2D eigenvalue weighted by Crippen LogP contribution is -2.44. The fraction of sp³-hybridized carbons (Fsp3) is 0.611. The normalized spacial score (nSPS) is 26.4. The zero-order valence-corrected chi connectivity index (χ0v) is 14.5. The molecule has 6 nitrogen and oxygen atoms in total. The number of rotatable bonds is 7. The summed E-state index contributed by atoms with van der Waals surface area (Å²) in [7, 11) is -1.30. The first kappa shape index (κ1) is 18.4. The Labute approximate surface area is 149 Å². The summed E-state index contributed by atoms with van der Waals surface area (Å²) in [4.78, 5) is 13.8. The Hall–Kier alpha value is -1.41. The average molecular weight is 346 g/mol. The van der Waals surface area contributed by atoms with Crippen LogP contribution in [0.3, 0.4) is 0 Å². The van der Waals surface area contributed by atoms with Crippen LogP contribution in [0.1, 0.15) is 24.0 Å². The van der Waals surface area contributed by atoms with E-state index in [0.29, 0.717) is 25.3 Å². The molecule has 7 heteroatoms. The van der Waals surface area contributed by atoms with Crippen LogP contribution >= 0.6 is 0 Å². The molecule has 4 N–H and O–H groups in total. The quantitative estimate of drug-likeness (QED) is 0.540. The third kappa shape index (κ3) is 4.82. The SMILES string of the molecule is O=C(O)C1CN(C[C@@H]2Cc3ccccc3CN2)C[C@@H]1CCCB(O)O. The van der Waals surface area contributed by atoms with E-state index in [9.17, 15) is 9.90 Å². The summed E-state index contributed by atoms with van der Waals surface area (Å²) < 4.78 is 0.